The number of rotatable bonds is 6. The van der Waals surface area contributed by atoms with E-state index in [1.54, 1.807) is 6.07 Å². The summed E-state index contributed by atoms with van der Waals surface area (Å²) in [5, 5.41) is 10.0. The van der Waals surface area contributed by atoms with Crippen LogP contribution in [-0.2, 0) is 0 Å². The summed E-state index contributed by atoms with van der Waals surface area (Å²) in [4.78, 5) is 0. The van der Waals surface area contributed by atoms with Gasteiger partial charge in [0.05, 0.1) is 12.7 Å². The summed E-state index contributed by atoms with van der Waals surface area (Å²) in [5.74, 6) is -3.12. The van der Waals surface area contributed by atoms with Crippen molar-refractivity contribution in [1.29, 1.82) is 0 Å². The lowest BCUT2D eigenvalue weighted by Gasteiger charge is -2.22. The molecule has 0 heterocycles. The van der Waals surface area contributed by atoms with Crippen LogP contribution in [-0.4, -0.2) is 18.3 Å². The highest BCUT2D eigenvalue weighted by Gasteiger charge is 2.14. The highest BCUT2D eigenvalue weighted by atomic mass is 16.5. The van der Waals surface area contributed by atoms with Crippen LogP contribution in [0.1, 0.15) is 65.0 Å². The first kappa shape index (κ1) is 5.74. The molecule has 3 heteroatoms. The second-order valence-corrected chi connectivity index (χ2v) is 4.06. The van der Waals surface area contributed by atoms with Crippen LogP contribution in [0.2, 0.25) is 0 Å². The molecule has 19 heavy (non-hydrogen) atoms. The summed E-state index contributed by atoms with van der Waals surface area (Å²) < 4.78 is 93.7. The van der Waals surface area contributed by atoms with Crippen LogP contribution in [0.5, 0.6) is 5.75 Å². The van der Waals surface area contributed by atoms with Crippen molar-refractivity contribution in [1.82, 2.24) is 0 Å². The lowest BCUT2D eigenvalue weighted by molar-refractivity contribution is 0.169. The molecule has 1 aromatic carbocycles. The first-order valence-corrected chi connectivity index (χ1v) is 6.03. The molecule has 1 saturated carbocycles. The predicted molar refractivity (Wildman–Crippen MR) is 77.1 cm³/mol. The summed E-state index contributed by atoms with van der Waals surface area (Å²) in [6.45, 7) is -0.882. The van der Waals surface area contributed by atoms with Crippen molar-refractivity contribution >= 4 is 0 Å². The largest absolute Gasteiger partial charge is 0.493 e. The minimum Gasteiger partial charge on any atom is -0.493 e. The first-order chi connectivity index (χ1) is 13.4. The molecule has 3 N–H and O–H groups in total. The topological polar surface area (TPSA) is 55.5 Å². The van der Waals surface area contributed by atoms with E-state index in [4.69, 9.17) is 25.5 Å². The smallest absolute Gasteiger partial charge is 0.119 e. The number of ether oxygens (including phenoxy) is 1. The number of hydrogen-bond acceptors (Lipinski definition) is 3. The molecule has 0 spiro atoms. The van der Waals surface area contributed by atoms with Crippen molar-refractivity contribution in [2.45, 2.75) is 44.4 Å². The molecule has 1 atom stereocenters. The number of aliphatic hydroxyl groups is 1. The van der Waals surface area contributed by atoms with Gasteiger partial charge in [0, 0.05) is 15.1 Å². The van der Waals surface area contributed by atoms with Gasteiger partial charge in [-0.1, -0.05) is 31.3 Å². The molecule has 0 saturated heterocycles. The number of hydrogen-bond donors (Lipinski definition) is 2. The molecule has 2 rings (SSSR count). The van der Waals surface area contributed by atoms with Gasteiger partial charge in [-0.25, -0.2) is 0 Å². The third-order valence-electron chi connectivity index (χ3n) is 2.62. The van der Waals surface area contributed by atoms with E-state index in [-0.39, 0.29) is 18.7 Å². The quantitative estimate of drug-likeness (QED) is 0.838. The Labute approximate surface area is 131 Å². The van der Waals surface area contributed by atoms with Gasteiger partial charge in [0.25, 0.3) is 0 Å². The van der Waals surface area contributed by atoms with Crippen LogP contribution in [0.15, 0.2) is 24.3 Å². The monoisotopic (exact) mass is 274 g/mol. The highest BCUT2D eigenvalue weighted by Crippen LogP contribution is 2.26. The van der Waals surface area contributed by atoms with Gasteiger partial charge in [-0.2, -0.15) is 0 Å². The summed E-state index contributed by atoms with van der Waals surface area (Å²) in [7, 11) is 0. The van der Waals surface area contributed by atoms with Crippen LogP contribution in [0.25, 0.3) is 0 Å². The number of aliphatic hydroxyl groups excluding tert-OH is 1. The number of nitrogens with two attached hydrogens (primary N) is 1. The molecule has 1 fully saturated rings. The minimum atomic E-state index is -3.57. The lowest BCUT2D eigenvalue weighted by atomic mass is 9.90. The minimum absolute atomic E-state index is 0.0245. The van der Waals surface area contributed by atoms with Gasteiger partial charge < -0.3 is 15.6 Å². The Morgan fingerprint density at radius 2 is 2.21 bits per heavy atom. The molecule has 0 bridgehead atoms. The summed E-state index contributed by atoms with van der Waals surface area (Å²) in [5.41, 5.74) is 5.82. The Morgan fingerprint density at radius 3 is 2.95 bits per heavy atom. The van der Waals surface area contributed by atoms with Crippen LogP contribution in [0, 0.1) is 5.89 Å². The van der Waals surface area contributed by atoms with Crippen LogP contribution in [0.3, 0.4) is 0 Å². The Balaban J connectivity index is 2.46. The molecule has 3 nitrogen and oxygen atoms in total. The second kappa shape index (κ2) is 7.51. The van der Waals surface area contributed by atoms with E-state index in [1.165, 1.54) is 18.2 Å². The van der Waals surface area contributed by atoms with Crippen molar-refractivity contribution in [3.05, 3.63) is 29.8 Å². The van der Waals surface area contributed by atoms with Crippen LogP contribution in [0.4, 0.5) is 0 Å². The average molecular weight is 274 g/mol. The van der Waals surface area contributed by atoms with E-state index >= 15 is 0 Å². The predicted octanol–water partition coefficient (Wildman–Crippen LogP) is 3.03. The molecule has 1 aliphatic rings. The molecule has 0 aromatic heterocycles. The van der Waals surface area contributed by atoms with Gasteiger partial charge >= 0.3 is 0 Å². The molecule has 1 aromatic rings. The summed E-state index contributed by atoms with van der Waals surface area (Å²) >= 11 is 0. The van der Waals surface area contributed by atoms with E-state index in [9.17, 15) is 5.11 Å². The third-order valence-corrected chi connectivity index (χ3v) is 2.62. The van der Waals surface area contributed by atoms with E-state index in [2.05, 4.69) is 0 Å². The molecule has 106 valence electrons. The fourth-order valence-electron chi connectivity index (χ4n) is 1.64. The van der Waals surface area contributed by atoms with Gasteiger partial charge in [0.2, 0.25) is 0 Å². The Hall–Kier alpha value is -1.06. The summed E-state index contributed by atoms with van der Waals surface area (Å²) in [6, 6.07) is 5.86. The molecular weight excluding hydrogens is 238 g/mol. The Kier molecular flexibility index (Phi) is 2.27. The number of benzene rings is 1. The van der Waals surface area contributed by atoms with Gasteiger partial charge in [0.15, 0.2) is 0 Å². The van der Waals surface area contributed by atoms with Gasteiger partial charge in [-0.3, -0.25) is 0 Å². The van der Waals surface area contributed by atoms with Crippen molar-refractivity contribution in [2.24, 2.45) is 11.6 Å². The van der Waals surface area contributed by atoms with Gasteiger partial charge in [-0.05, 0) is 49.3 Å². The molecular formula is C16H25NO2. The van der Waals surface area contributed by atoms with Crippen molar-refractivity contribution in [3.63, 3.8) is 0 Å². The average Bonchev–Trinajstić information content (AvgIpc) is 2.64. The van der Waals surface area contributed by atoms with Gasteiger partial charge in [0.1, 0.15) is 5.75 Å². The third kappa shape index (κ3) is 4.51. The SMILES string of the molecule is [2H]C1([2H])C([2H])([2H])C([2H])([2H])C([2H])(COc2cccc(C(O)CCN)c2)C([2H])([2H])C1([2H])[2H]. The Bertz CT molecular complexity index is 754. The van der Waals surface area contributed by atoms with E-state index in [1.807, 2.05) is 0 Å². The summed E-state index contributed by atoms with van der Waals surface area (Å²) in [6.07, 6.45) is -18.2. The van der Waals surface area contributed by atoms with E-state index in [0.29, 0.717) is 5.56 Å². The van der Waals surface area contributed by atoms with E-state index < -0.39 is 50.5 Å². The first-order valence-electron chi connectivity index (χ1n) is 11.5. The maximum absolute atomic E-state index is 10.0. The molecule has 0 amide bonds. The maximum atomic E-state index is 10.0. The van der Waals surface area contributed by atoms with E-state index in [0.717, 1.165) is 0 Å². The van der Waals surface area contributed by atoms with Crippen LogP contribution >= 0.6 is 0 Å². The Morgan fingerprint density at radius 1 is 1.42 bits per heavy atom. The zero-order chi connectivity index (χ0) is 23.4. The van der Waals surface area contributed by atoms with Crippen LogP contribution < -0.4 is 10.5 Å². The normalized spacial score (nSPS) is 41.7. The highest BCUT2D eigenvalue weighted by molar-refractivity contribution is 5.29. The zero-order valence-electron chi connectivity index (χ0n) is 21.4. The van der Waals surface area contributed by atoms with Crippen molar-refractivity contribution < 1.29 is 24.9 Å². The zero-order valence-corrected chi connectivity index (χ0v) is 10.4. The molecule has 1 aliphatic carbocycles. The van der Waals surface area contributed by atoms with Gasteiger partial charge in [-0.15, -0.1) is 0 Å². The second-order valence-electron chi connectivity index (χ2n) is 4.06. The maximum Gasteiger partial charge on any atom is 0.119 e. The standard InChI is InChI=1S/C16H25NO2/c17-10-9-16(18)14-7-4-8-15(11-14)19-12-13-5-2-1-3-6-13/h4,7-8,11,13,16,18H,1-3,5-6,9-10,12,17H2/i1D2,2D2,3D2,5D2,6D2,13D. The fraction of sp³-hybridized carbons (Fsp3) is 0.625. The molecule has 1 unspecified atom stereocenters. The molecule has 0 radical (unpaired) electrons. The lowest BCUT2D eigenvalue weighted by Crippen LogP contribution is -2.15. The van der Waals surface area contributed by atoms with Crippen molar-refractivity contribution in [3.8, 4) is 5.75 Å². The fourth-order valence-corrected chi connectivity index (χ4v) is 1.64. The molecule has 0 aliphatic heterocycles. The van der Waals surface area contributed by atoms with Crippen molar-refractivity contribution in [2.75, 3.05) is 13.2 Å².